The summed E-state index contributed by atoms with van der Waals surface area (Å²) in [5, 5.41) is 14.2. The molecule has 0 aromatic rings. The Morgan fingerprint density at radius 1 is 1.37 bits per heavy atom. The molecule has 3 N–H and O–H groups in total. The lowest BCUT2D eigenvalue weighted by Gasteiger charge is -2.18. The van der Waals surface area contributed by atoms with E-state index in [0.717, 1.165) is 6.54 Å². The van der Waals surface area contributed by atoms with Crippen molar-refractivity contribution >= 4 is 12.0 Å². The third-order valence-corrected chi connectivity index (χ3v) is 3.23. The fourth-order valence-corrected chi connectivity index (χ4v) is 1.95. The number of carboxylic acids is 1. The molecule has 0 aromatic carbocycles. The average Bonchev–Trinajstić information content (AvgIpc) is 3.10. The molecular formula is C13H25N3O3. The number of nitrogens with zero attached hydrogens (tertiary/aromatic N) is 1. The molecule has 0 bridgehead atoms. The number of likely N-dealkylation sites (N-methyl/N-ethyl adjacent to an activating group) is 1. The van der Waals surface area contributed by atoms with Gasteiger partial charge >= 0.3 is 12.0 Å². The minimum absolute atomic E-state index is 0.224. The van der Waals surface area contributed by atoms with Crippen molar-refractivity contribution in [2.45, 2.75) is 45.2 Å². The molecule has 0 spiro atoms. The summed E-state index contributed by atoms with van der Waals surface area (Å²) in [5.41, 5.74) is 0. The first kappa shape index (κ1) is 15.8. The number of carbonyl (C=O) groups is 2. The van der Waals surface area contributed by atoms with Crippen molar-refractivity contribution in [3.63, 3.8) is 0 Å². The average molecular weight is 271 g/mol. The maximum atomic E-state index is 11.6. The molecule has 0 saturated heterocycles. The SMILES string of the molecule is CC(C)C[C@@H](NC(=O)NCCN(C)C1CC1)C(=O)O. The zero-order chi connectivity index (χ0) is 14.4. The van der Waals surface area contributed by atoms with Gasteiger partial charge in [-0.25, -0.2) is 9.59 Å². The fourth-order valence-electron chi connectivity index (χ4n) is 1.95. The molecule has 1 atom stereocenters. The molecule has 1 fully saturated rings. The summed E-state index contributed by atoms with van der Waals surface area (Å²) in [7, 11) is 2.04. The summed E-state index contributed by atoms with van der Waals surface area (Å²) in [4.78, 5) is 24.8. The van der Waals surface area contributed by atoms with E-state index < -0.39 is 18.0 Å². The normalized spacial score (nSPS) is 16.5. The largest absolute Gasteiger partial charge is 0.480 e. The summed E-state index contributed by atoms with van der Waals surface area (Å²) < 4.78 is 0. The molecule has 110 valence electrons. The summed E-state index contributed by atoms with van der Waals surface area (Å²) in [5.74, 6) is -0.763. The van der Waals surface area contributed by atoms with Crippen molar-refractivity contribution in [2.75, 3.05) is 20.1 Å². The lowest BCUT2D eigenvalue weighted by molar-refractivity contribution is -0.139. The Balaban J connectivity index is 2.21. The Kier molecular flexibility index (Phi) is 6.08. The third kappa shape index (κ3) is 6.42. The number of carboxylic acid groups (broad SMARTS) is 1. The number of hydrogen-bond donors (Lipinski definition) is 3. The lowest BCUT2D eigenvalue weighted by atomic mass is 10.0. The van der Waals surface area contributed by atoms with Crippen LogP contribution in [0.3, 0.4) is 0 Å². The number of nitrogens with one attached hydrogen (secondary N) is 2. The second-order valence-electron chi connectivity index (χ2n) is 5.63. The van der Waals surface area contributed by atoms with E-state index in [1.54, 1.807) is 0 Å². The highest BCUT2D eigenvalue weighted by molar-refractivity contribution is 5.82. The van der Waals surface area contributed by atoms with Crippen LogP contribution in [-0.4, -0.2) is 54.2 Å². The third-order valence-electron chi connectivity index (χ3n) is 3.23. The first-order chi connectivity index (χ1) is 8.90. The highest BCUT2D eigenvalue weighted by atomic mass is 16.4. The minimum Gasteiger partial charge on any atom is -0.480 e. The van der Waals surface area contributed by atoms with Crippen LogP contribution in [0.5, 0.6) is 0 Å². The molecule has 1 aliphatic carbocycles. The summed E-state index contributed by atoms with van der Waals surface area (Å²) >= 11 is 0. The molecule has 1 aliphatic rings. The molecule has 6 heteroatoms. The topological polar surface area (TPSA) is 81.7 Å². The highest BCUT2D eigenvalue weighted by Gasteiger charge is 2.25. The Hall–Kier alpha value is -1.30. The van der Waals surface area contributed by atoms with E-state index in [2.05, 4.69) is 15.5 Å². The Bertz CT molecular complexity index is 316. The van der Waals surface area contributed by atoms with Gasteiger partial charge in [-0.2, -0.15) is 0 Å². The molecule has 0 aliphatic heterocycles. The van der Waals surface area contributed by atoms with E-state index in [4.69, 9.17) is 5.11 Å². The smallest absolute Gasteiger partial charge is 0.326 e. The Labute approximate surface area is 114 Å². The van der Waals surface area contributed by atoms with Crippen molar-refractivity contribution < 1.29 is 14.7 Å². The molecule has 19 heavy (non-hydrogen) atoms. The van der Waals surface area contributed by atoms with Gasteiger partial charge in [-0.15, -0.1) is 0 Å². The minimum atomic E-state index is -0.987. The van der Waals surface area contributed by atoms with Crippen LogP contribution < -0.4 is 10.6 Å². The van der Waals surface area contributed by atoms with Crippen LogP contribution in [0.1, 0.15) is 33.1 Å². The van der Waals surface area contributed by atoms with Crippen LogP contribution in [-0.2, 0) is 4.79 Å². The van der Waals surface area contributed by atoms with Crippen LogP contribution in [0, 0.1) is 5.92 Å². The molecule has 6 nitrogen and oxygen atoms in total. The monoisotopic (exact) mass is 271 g/mol. The summed E-state index contributed by atoms with van der Waals surface area (Å²) in [6.45, 7) is 5.19. The Morgan fingerprint density at radius 2 is 2.00 bits per heavy atom. The molecule has 0 unspecified atom stereocenters. The first-order valence-electron chi connectivity index (χ1n) is 6.87. The van der Waals surface area contributed by atoms with Gasteiger partial charge in [-0.1, -0.05) is 13.8 Å². The van der Waals surface area contributed by atoms with Gasteiger partial charge in [0, 0.05) is 19.1 Å². The molecule has 2 amide bonds. The van der Waals surface area contributed by atoms with E-state index >= 15 is 0 Å². The van der Waals surface area contributed by atoms with Gasteiger partial charge in [-0.3, -0.25) is 0 Å². The number of aliphatic carboxylic acids is 1. The van der Waals surface area contributed by atoms with Crippen LogP contribution in [0.4, 0.5) is 4.79 Å². The zero-order valence-electron chi connectivity index (χ0n) is 12.0. The number of rotatable bonds is 8. The van der Waals surface area contributed by atoms with E-state index in [0.29, 0.717) is 19.0 Å². The maximum Gasteiger partial charge on any atom is 0.326 e. The fraction of sp³-hybridized carbons (Fsp3) is 0.846. The van der Waals surface area contributed by atoms with Crippen molar-refractivity contribution in [3.8, 4) is 0 Å². The van der Waals surface area contributed by atoms with Gasteiger partial charge in [0.15, 0.2) is 0 Å². The van der Waals surface area contributed by atoms with Gasteiger partial charge in [0.25, 0.3) is 0 Å². The van der Waals surface area contributed by atoms with Gasteiger partial charge in [-0.05, 0) is 32.2 Å². The molecule has 0 radical (unpaired) electrons. The highest BCUT2D eigenvalue weighted by Crippen LogP contribution is 2.24. The predicted molar refractivity (Wildman–Crippen MR) is 73.1 cm³/mol. The number of hydrogen-bond acceptors (Lipinski definition) is 3. The van der Waals surface area contributed by atoms with Crippen molar-refractivity contribution in [2.24, 2.45) is 5.92 Å². The Morgan fingerprint density at radius 3 is 2.47 bits per heavy atom. The predicted octanol–water partition coefficient (Wildman–Crippen LogP) is 0.879. The molecule has 0 aromatic heterocycles. The van der Waals surface area contributed by atoms with Gasteiger partial charge < -0.3 is 20.6 Å². The zero-order valence-corrected chi connectivity index (χ0v) is 12.0. The second-order valence-corrected chi connectivity index (χ2v) is 5.63. The van der Waals surface area contributed by atoms with Crippen LogP contribution >= 0.6 is 0 Å². The van der Waals surface area contributed by atoms with Crippen molar-refractivity contribution in [1.29, 1.82) is 0 Å². The summed E-state index contributed by atoms with van der Waals surface area (Å²) in [6, 6.07) is -0.559. The lowest BCUT2D eigenvalue weighted by Crippen LogP contribution is -2.48. The standard InChI is InChI=1S/C13H25N3O3/c1-9(2)8-11(12(17)18)15-13(19)14-6-7-16(3)10-4-5-10/h9-11H,4-8H2,1-3H3,(H,17,18)(H2,14,15,19)/t11-/m1/s1. The van der Waals surface area contributed by atoms with Crippen LogP contribution in [0.25, 0.3) is 0 Å². The van der Waals surface area contributed by atoms with Gasteiger partial charge in [0.1, 0.15) is 6.04 Å². The van der Waals surface area contributed by atoms with Gasteiger partial charge in [0.2, 0.25) is 0 Å². The molecule has 1 rings (SSSR count). The maximum absolute atomic E-state index is 11.6. The number of urea groups is 1. The van der Waals surface area contributed by atoms with E-state index in [1.807, 2.05) is 20.9 Å². The van der Waals surface area contributed by atoms with Crippen LogP contribution in [0.15, 0.2) is 0 Å². The number of carbonyl (C=O) groups excluding carboxylic acids is 1. The van der Waals surface area contributed by atoms with E-state index in [9.17, 15) is 9.59 Å². The second kappa shape index (κ2) is 7.33. The first-order valence-corrected chi connectivity index (χ1v) is 6.87. The van der Waals surface area contributed by atoms with Crippen molar-refractivity contribution in [1.82, 2.24) is 15.5 Å². The van der Waals surface area contributed by atoms with Crippen molar-refractivity contribution in [3.05, 3.63) is 0 Å². The quantitative estimate of drug-likeness (QED) is 0.612. The summed E-state index contributed by atoms with van der Waals surface area (Å²) in [6.07, 6.45) is 2.90. The van der Waals surface area contributed by atoms with E-state index in [-0.39, 0.29) is 5.92 Å². The molecular weight excluding hydrogens is 246 g/mol. The molecule has 1 saturated carbocycles. The molecule has 0 heterocycles. The van der Waals surface area contributed by atoms with Crippen LogP contribution in [0.2, 0.25) is 0 Å². The van der Waals surface area contributed by atoms with Gasteiger partial charge in [0.05, 0.1) is 0 Å². The number of amides is 2. The van der Waals surface area contributed by atoms with E-state index in [1.165, 1.54) is 12.8 Å².